The molecule has 5 rings (SSSR count). The second kappa shape index (κ2) is 11.8. The molecule has 0 unspecified atom stereocenters. The number of ether oxygens (including phenoxy) is 5. The minimum Gasteiger partial charge on any atom is -0.507 e. The van der Waals surface area contributed by atoms with Gasteiger partial charge in [0, 0.05) is 23.8 Å². The predicted molar refractivity (Wildman–Crippen MR) is 142 cm³/mol. The molecule has 14 heteroatoms. The number of phenolic OH excluding ortho intramolecular Hbond substituents is 1. The van der Waals surface area contributed by atoms with Crippen LogP contribution in [0.15, 0.2) is 51.7 Å². The van der Waals surface area contributed by atoms with Gasteiger partial charge in [0.25, 0.3) is 0 Å². The summed E-state index contributed by atoms with van der Waals surface area (Å²) in [6, 6.07) is 10.3. The molecule has 228 valence electrons. The summed E-state index contributed by atoms with van der Waals surface area (Å²) in [5.74, 6) is 0.194. The van der Waals surface area contributed by atoms with Crippen molar-refractivity contribution in [1.29, 1.82) is 0 Å². The lowest BCUT2D eigenvalue weighted by Crippen LogP contribution is -2.66. The normalized spacial score (nSPS) is 33.4. The molecule has 9 atom stereocenters. The van der Waals surface area contributed by atoms with Gasteiger partial charge in [-0.15, -0.1) is 0 Å². The molecule has 0 radical (unpaired) electrons. The lowest BCUT2D eigenvalue weighted by Gasteiger charge is -2.46. The highest BCUT2D eigenvalue weighted by Crippen LogP contribution is 2.35. The van der Waals surface area contributed by atoms with E-state index in [1.807, 2.05) is 0 Å². The predicted octanol–water partition coefficient (Wildman–Crippen LogP) is -0.794. The van der Waals surface area contributed by atoms with Gasteiger partial charge in [-0.1, -0.05) is 0 Å². The van der Waals surface area contributed by atoms with Crippen LogP contribution in [0.5, 0.6) is 17.2 Å². The van der Waals surface area contributed by atoms with E-state index < -0.39 is 79.2 Å². The molecular formula is C28H32O14. The number of aliphatic hydroxyl groups is 6. The molecule has 42 heavy (non-hydrogen) atoms. The van der Waals surface area contributed by atoms with Crippen LogP contribution in [0.1, 0.15) is 6.92 Å². The Labute approximate surface area is 238 Å². The van der Waals surface area contributed by atoms with Crippen LogP contribution >= 0.6 is 0 Å². The van der Waals surface area contributed by atoms with E-state index in [1.54, 1.807) is 24.3 Å². The summed E-state index contributed by atoms with van der Waals surface area (Å²) in [5.41, 5.74) is -2.06. The first-order valence-electron chi connectivity index (χ1n) is 13.0. The molecule has 2 aliphatic rings. The molecule has 14 nitrogen and oxygen atoms in total. The van der Waals surface area contributed by atoms with Crippen LogP contribution in [0.3, 0.4) is 0 Å². The number of aromatic hydroxyl groups is 1. The molecule has 1 aromatic heterocycles. The summed E-state index contributed by atoms with van der Waals surface area (Å²) in [6.07, 6.45) is -12.7. The highest BCUT2D eigenvalue weighted by atomic mass is 16.8. The van der Waals surface area contributed by atoms with Crippen LogP contribution < -0.4 is 14.9 Å². The minimum atomic E-state index is -2.03. The summed E-state index contributed by atoms with van der Waals surface area (Å²) < 4.78 is 33.5. The van der Waals surface area contributed by atoms with E-state index in [0.29, 0.717) is 11.3 Å². The summed E-state index contributed by atoms with van der Waals surface area (Å²) in [5, 5.41) is 72.5. The standard InChI is InChI=1S/C28H32O14/c1-28(36)20(32)11-38-27(25(28)35)42-24-23(34)22(33)19(10-29)41-26(24)39-14-7-15(30)21-16(31)9-17(40-18(21)8-14)12-3-5-13(37-2)6-4-12/h3-9,19-20,22-27,29-30,32-36H,10-11H2,1-2H3/t19-,20+,22-,23+,24-,25+,26-,27-,28-/m0/s1. The zero-order valence-corrected chi connectivity index (χ0v) is 22.6. The summed E-state index contributed by atoms with van der Waals surface area (Å²) in [7, 11) is 1.52. The smallest absolute Gasteiger partial charge is 0.229 e. The average Bonchev–Trinajstić information content (AvgIpc) is 2.96. The average molecular weight is 593 g/mol. The third-order valence-corrected chi connectivity index (χ3v) is 7.48. The number of aliphatic hydroxyl groups excluding tert-OH is 5. The molecule has 0 spiro atoms. The number of hydrogen-bond acceptors (Lipinski definition) is 14. The van der Waals surface area contributed by atoms with Gasteiger partial charge in [-0.25, -0.2) is 0 Å². The van der Waals surface area contributed by atoms with Gasteiger partial charge in [0.15, 0.2) is 17.8 Å². The van der Waals surface area contributed by atoms with Crippen molar-refractivity contribution in [3.8, 4) is 28.6 Å². The van der Waals surface area contributed by atoms with E-state index >= 15 is 0 Å². The molecule has 0 bridgehead atoms. The van der Waals surface area contributed by atoms with Crippen molar-refractivity contribution >= 4 is 11.0 Å². The van der Waals surface area contributed by atoms with Crippen LogP contribution in [0.4, 0.5) is 0 Å². The zero-order valence-electron chi connectivity index (χ0n) is 22.6. The lowest BCUT2D eigenvalue weighted by molar-refractivity contribution is -0.356. The van der Waals surface area contributed by atoms with Crippen LogP contribution in [0, 0.1) is 0 Å². The minimum absolute atomic E-state index is 0.0491. The first kappa shape index (κ1) is 30.2. The number of rotatable bonds is 7. The second-order valence-corrected chi connectivity index (χ2v) is 10.3. The molecule has 2 aliphatic heterocycles. The molecular weight excluding hydrogens is 560 g/mol. The van der Waals surface area contributed by atoms with Gasteiger partial charge in [-0.2, -0.15) is 0 Å². The molecule has 2 aromatic carbocycles. The number of fused-ring (bicyclic) bond motifs is 1. The van der Waals surface area contributed by atoms with E-state index in [-0.39, 0.29) is 22.5 Å². The quantitative estimate of drug-likeness (QED) is 0.179. The maximum absolute atomic E-state index is 12.9. The topological polar surface area (TPSA) is 218 Å². The van der Waals surface area contributed by atoms with E-state index in [1.165, 1.54) is 26.2 Å². The van der Waals surface area contributed by atoms with Gasteiger partial charge in [0.1, 0.15) is 70.1 Å². The third kappa shape index (κ3) is 5.56. The highest BCUT2D eigenvalue weighted by molar-refractivity contribution is 5.86. The van der Waals surface area contributed by atoms with Gasteiger partial charge in [-0.05, 0) is 31.2 Å². The zero-order chi connectivity index (χ0) is 30.3. The van der Waals surface area contributed by atoms with Gasteiger partial charge >= 0.3 is 0 Å². The van der Waals surface area contributed by atoms with Crippen molar-refractivity contribution in [1.82, 2.24) is 0 Å². The molecule has 0 saturated carbocycles. The molecule has 2 fully saturated rings. The van der Waals surface area contributed by atoms with E-state index in [2.05, 4.69) is 0 Å². The Morgan fingerprint density at radius 3 is 2.38 bits per heavy atom. The molecule has 3 aromatic rings. The molecule has 0 aliphatic carbocycles. The van der Waals surface area contributed by atoms with Crippen molar-refractivity contribution in [2.75, 3.05) is 20.3 Å². The number of hydrogen-bond donors (Lipinski definition) is 7. The Bertz CT molecular complexity index is 1450. The summed E-state index contributed by atoms with van der Waals surface area (Å²) >= 11 is 0. The Morgan fingerprint density at radius 1 is 1.00 bits per heavy atom. The van der Waals surface area contributed by atoms with Crippen LogP contribution in [0.25, 0.3) is 22.3 Å². The fourth-order valence-corrected chi connectivity index (χ4v) is 4.83. The summed E-state index contributed by atoms with van der Waals surface area (Å²) in [4.78, 5) is 12.9. The van der Waals surface area contributed by atoms with Gasteiger partial charge in [-0.3, -0.25) is 4.79 Å². The maximum Gasteiger partial charge on any atom is 0.229 e. The SMILES string of the molecule is COc1ccc(-c2cc(=O)c3c(O)cc(O[C@H]4O[C@@H](CO)[C@H](O)[C@@H](O)[C@@H]4O[C@@H]4OC[C@@H](O)[C@](C)(O)[C@@H]4O)cc3o2)cc1. The number of phenols is 1. The van der Waals surface area contributed by atoms with Crippen molar-refractivity contribution in [2.24, 2.45) is 0 Å². The fraction of sp³-hybridized carbons (Fsp3) is 0.464. The van der Waals surface area contributed by atoms with Crippen molar-refractivity contribution < 1.29 is 63.8 Å². The molecule has 2 saturated heterocycles. The highest BCUT2D eigenvalue weighted by Gasteiger charge is 2.52. The van der Waals surface area contributed by atoms with Crippen LogP contribution in [-0.2, 0) is 14.2 Å². The molecule has 0 amide bonds. The van der Waals surface area contributed by atoms with Gasteiger partial charge in [0.2, 0.25) is 6.29 Å². The first-order chi connectivity index (χ1) is 19.9. The maximum atomic E-state index is 12.9. The van der Waals surface area contributed by atoms with Gasteiger partial charge < -0.3 is 63.8 Å². The Hall–Kier alpha value is -3.31. The third-order valence-electron chi connectivity index (χ3n) is 7.48. The fourth-order valence-electron chi connectivity index (χ4n) is 4.83. The van der Waals surface area contributed by atoms with E-state index in [0.717, 1.165) is 6.07 Å². The largest absolute Gasteiger partial charge is 0.507 e. The number of methoxy groups -OCH3 is 1. The number of benzene rings is 2. The second-order valence-electron chi connectivity index (χ2n) is 10.3. The van der Waals surface area contributed by atoms with Crippen LogP contribution in [-0.4, -0.2) is 111 Å². The van der Waals surface area contributed by atoms with Crippen molar-refractivity contribution in [2.45, 2.75) is 61.7 Å². The van der Waals surface area contributed by atoms with Crippen LogP contribution in [0.2, 0.25) is 0 Å². The Kier molecular flexibility index (Phi) is 8.44. The monoisotopic (exact) mass is 592 g/mol. The molecule has 3 heterocycles. The van der Waals surface area contributed by atoms with E-state index in [9.17, 15) is 40.5 Å². The Morgan fingerprint density at radius 2 is 1.71 bits per heavy atom. The molecule has 7 N–H and O–H groups in total. The van der Waals surface area contributed by atoms with Crippen molar-refractivity contribution in [3.05, 3.63) is 52.7 Å². The first-order valence-corrected chi connectivity index (χ1v) is 13.0. The van der Waals surface area contributed by atoms with Gasteiger partial charge in [0.05, 0.1) is 20.3 Å². The lowest BCUT2D eigenvalue weighted by atomic mass is 9.90. The van der Waals surface area contributed by atoms with E-state index in [4.69, 9.17) is 28.1 Å². The Balaban J connectivity index is 1.47. The summed E-state index contributed by atoms with van der Waals surface area (Å²) in [6.45, 7) is 0.0443. The van der Waals surface area contributed by atoms with Crippen molar-refractivity contribution in [3.63, 3.8) is 0 Å².